The summed E-state index contributed by atoms with van der Waals surface area (Å²) in [6.45, 7) is 7.13. The first-order chi connectivity index (χ1) is 27.1. The summed E-state index contributed by atoms with van der Waals surface area (Å²) in [6.07, 6.45) is 5.39. The van der Waals surface area contributed by atoms with Crippen molar-refractivity contribution in [2.75, 3.05) is 59.4 Å². The number of likely N-dealkylation sites (tertiary alicyclic amines) is 1. The Labute approximate surface area is 325 Å². The number of nitrogens with zero attached hydrogens (tertiary/aromatic N) is 7. The number of urea groups is 1. The van der Waals surface area contributed by atoms with Crippen LogP contribution in [0.3, 0.4) is 0 Å². The predicted octanol–water partition coefficient (Wildman–Crippen LogP) is 3.04. The average molecular weight is 765 g/mol. The quantitative estimate of drug-likeness (QED) is 0.302. The molecule has 2 aromatic carbocycles. The van der Waals surface area contributed by atoms with E-state index < -0.39 is 25.1 Å². The molecule has 0 aliphatic carbocycles. The summed E-state index contributed by atoms with van der Waals surface area (Å²) in [6, 6.07) is 12.6. The van der Waals surface area contributed by atoms with Crippen LogP contribution in [0, 0.1) is 6.92 Å². The predicted molar refractivity (Wildman–Crippen MR) is 211 cm³/mol. The van der Waals surface area contributed by atoms with E-state index in [1.165, 1.54) is 9.25 Å². The lowest BCUT2D eigenvalue weighted by Crippen LogP contribution is -2.59. The van der Waals surface area contributed by atoms with Crippen LogP contribution in [0.25, 0.3) is 21.8 Å². The van der Waals surface area contributed by atoms with Gasteiger partial charge < -0.3 is 29.5 Å². The van der Waals surface area contributed by atoms with Gasteiger partial charge in [0.2, 0.25) is 5.91 Å². The maximum atomic E-state index is 14.4. The molecule has 5 aliphatic heterocycles. The molecular formula is C40H49BN8O7. The minimum atomic E-state index is -0.816. The molecule has 3 fully saturated rings. The van der Waals surface area contributed by atoms with Gasteiger partial charge in [-0.1, -0.05) is 24.3 Å². The zero-order valence-corrected chi connectivity index (χ0v) is 32.2. The molecule has 7 bridgehead atoms. The zero-order valence-electron chi connectivity index (χ0n) is 32.2. The number of pyridine rings is 1. The molecule has 0 unspecified atom stereocenters. The highest BCUT2D eigenvalue weighted by atomic mass is 16.6. The number of benzene rings is 2. The summed E-state index contributed by atoms with van der Waals surface area (Å²) in [5.74, 6) is -1.84. The second-order valence-corrected chi connectivity index (χ2v) is 15.7. The number of fused-ring (bicyclic) bond motifs is 12. The molecule has 16 heteroatoms. The van der Waals surface area contributed by atoms with Gasteiger partial charge in [-0.15, -0.1) is 0 Å². The molecule has 0 saturated carbocycles. The number of amides is 3. The maximum Gasteiger partial charge on any atom is 0.392 e. The van der Waals surface area contributed by atoms with Crippen molar-refractivity contribution in [2.45, 2.75) is 70.5 Å². The molecule has 294 valence electrons. The molecule has 15 nitrogen and oxygen atoms in total. The number of aryl methyl sites for hydroxylation is 1. The van der Waals surface area contributed by atoms with E-state index in [0.29, 0.717) is 61.7 Å². The Kier molecular flexibility index (Phi) is 10.8. The summed E-state index contributed by atoms with van der Waals surface area (Å²) in [4.78, 5) is 76.3. The highest BCUT2D eigenvalue weighted by molar-refractivity contribution is 6.94. The SMILES string of the molecule is Cc1cc2cc3cn(nc13)COC(=O)BC(=O)OCn1c(=O)c(cc3ccccc31)C1CCN(CC1)C(=O)N[C@@H](C(=O)N1CCN(C3CCN(C)CC3)CC1)C2. The van der Waals surface area contributed by atoms with E-state index in [9.17, 15) is 24.0 Å². The molecule has 56 heavy (non-hydrogen) atoms. The van der Waals surface area contributed by atoms with Crippen LogP contribution in [0.15, 0.2) is 53.5 Å². The van der Waals surface area contributed by atoms with Gasteiger partial charge in [-0.25, -0.2) is 9.48 Å². The van der Waals surface area contributed by atoms with Crippen molar-refractivity contribution in [3.63, 3.8) is 0 Å². The smallest absolute Gasteiger partial charge is 0.392 e. The van der Waals surface area contributed by atoms with E-state index in [4.69, 9.17) is 9.47 Å². The average Bonchev–Trinajstić information content (AvgIpc) is 3.63. The van der Waals surface area contributed by atoms with E-state index in [0.717, 1.165) is 60.9 Å². The Morgan fingerprint density at radius 1 is 0.839 bits per heavy atom. The monoisotopic (exact) mass is 764 g/mol. The van der Waals surface area contributed by atoms with Crippen LogP contribution < -0.4 is 10.9 Å². The largest absolute Gasteiger partial charge is 0.451 e. The van der Waals surface area contributed by atoms with Crippen molar-refractivity contribution >= 4 is 52.8 Å². The van der Waals surface area contributed by atoms with Crippen LogP contribution in [-0.4, -0.2) is 136 Å². The number of carbonyl (C=O) groups excluding carboxylic acids is 4. The van der Waals surface area contributed by atoms with Crippen molar-refractivity contribution < 1.29 is 28.7 Å². The van der Waals surface area contributed by atoms with Gasteiger partial charge >= 0.3 is 13.3 Å². The van der Waals surface area contributed by atoms with Crippen LogP contribution in [0.2, 0.25) is 0 Å². The molecule has 2 aromatic heterocycles. The van der Waals surface area contributed by atoms with Gasteiger partial charge in [-0.05, 0) is 93.4 Å². The van der Waals surface area contributed by atoms with Gasteiger partial charge in [-0.2, -0.15) is 5.10 Å². The van der Waals surface area contributed by atoms with Crippen LogP contribution in [-0.2, 0) is 34.2 Å². The molecule has 0 spiro atoms. The minimum Gasteiger partial charge on any atom is -0.451 e. The standard InChI is InChI=1S/C40H49BN8O7/c1-26-19-27-20-30-23-48(43-35(26)30)24-55-38(52)41-39(53)56-25-49-34-6-4-3-5-29(34)22-32(36(49)50)28-7-13-47(14-8-28)40(54)42-33(21-27)37(51)46-17-15-45(16-18-46)31-9-11-44(2)12-10-31/h3-6,19-20,22-23,28,31,33,41H,7-18,21,24-25H2,1-2H3,(H,42,54)/t33-/m1/s1. The molecule has 9 rings (SSSR count). The van der Waals surface area contributed by atoms with Crippen molar-refractivity contribution in [3.05, 3.63) is 75.7 Å². The lowest BCUT2D eigenvalue weighted by atomic mass is 9.79. The number of aromatic nitrogens is 3. The first kappa shape index (κ1) is 37.7. The van der Waals surface area contributed by atoms with Crippen molar-refractivity contribution in [1.29, 1.82) is 0 Å². The van der Waals surface area contributed by atoms with Gasteiger partial charge in [-0.3, -0.25) is 28.6 Å². The van der Waals surface area contributed by atoms with E-state index in [-0.39, 0.29) is 43.3 Å². The van der Waals surface area contributed by atoms with Gasteiger partial charge in [0, 0.05) is 68.9 Å². The van der Waals surface area contributed by atoms with E-state index >= 15 is 0 Å². The number of hydrogen-bond acceptors (Lipinski definition) is 10. The number of piperidine rings is 2. The Morgan fingerprint density at radius 2 is 1.55 bits per heavy atom. The summed E-state index contributed by atoms with van der Waals surface area (Å²) in [7, 11) is 1.54. The molecule has 3 saturated heterocycles. The zero-order chi connectivity index (χ0) is 38.9. The Bertz CT molecular complexity index is 2200. The minimum absolute atomic E-state index is 0.101. The molecule has 3 amide bonds. The number of carbonyl (C=O) groups is 4. The summed E-state index contributed by atoms with van der Waals surface area (Å²) >= 11 is 0. The van der Waals surface area contributed by atoms with E-state index in [1.807, 2.05) is 42.2 Å². The Hall–Kier alpha value is -5.22. The number of nitrogens with one attached hydrogen (secondary N) is 1. The van der Waals surface area contributed by atoms with Crippen LogP contribution >= 0.6 is 0 Å². The molecule has 0 radical (unpaired) electrons. The summed E-state index contributed by atoms with van der Waals surface area (Å²) in [5.41, 5.74) is 3.33. The lowest BCUT2D eigenvalue weighted by molar-refractivity contribution is -0.135. The number of para-hydroxylation sites is 1. The normalized spacial score (nSPS) is 22.6. The van der Waals surface area contributed by atoms with Crippen molar-refractivity contribution in [3.8, 4) is 0 Å². The number of ether oxygens (including phenoxy) is 2. The number of rotatable bonds is 2. The van der Waals surface area contributed by atoms with Crippen LogP contribution in [0.1, 0.15) is 48.3 Å². The maximum absolute atomic E-state index is 14.4. The van der Waals surface area contributed by atoms with Gasteiger partial charge in [0.15, 0.2) is 13.5 Å². The number of piperazine rings is 1. The van der Waals surface area contributed by atoms with Gasteiger partial charge in [0.25, 0.3) is 17.3 Å². The molecule has 1 N–H and O–H groups in total. The topological polar surface area (TPSA) is 152 Å². The molecule has 7 heterocycles. The fraction of sp³-hybridized carbons (Fsp3) is 0.500. The fourth-order valence-electron chi connectivity index (χ4n) is 8.84. The first-order valence-electron chi connectivity index (χ1n) is 19.8. The Morgan fingerprint density at radius 3 is 2.30 bits per heavy atom. The van der Waals surface area contributed by atoms with Crippen molar-refractivity contribution in [2.24, 2.45) is 0 Å². The van der Waals surface area contributed by atoms with Crippen LogP contribution in [0.5, 0.6) is 0 Å². The third kappa shape index (κ3) is 8.03. The van der Waals surface area contributed by atoms with Gasteiger partial charge in [0.1, 0.15) is 6.04 Å². The van der Waals surface area contributed by atoms with E-state index in [2.05, 4.69) is 27.3 Å². The second-order valence-electron chi connectivity index (χ2n) is 15.7. The highest BCUT2D eigenvalue weighted by Gasteiger charge is 2.34. The molecular weight excluding hydrogens is 715 g/mol. The van der Waals surface area contributed by atoms with E-state index in [1.54, 1.807) is 23.2 Å². The Balaban J connectivity index is 1.06. The molecule has 1 atom stereocenters. The van der Waals surface area contributed by atoms with Gasteiger partial charge in [0.05, 0.1) is 11.0 Å². The molecule has 4 aromatic rings. The third-order valence-corrected chi connectivity index (χ3v) is 12.0. The summed E-state index contributed by atoms with van der Waals surface area (Å²) in [5, 5.41) is 9.32. The number of hydrogen-bond donors (Lipinski definition) is 1. The lowest BCUT2D eigenvalue weighted by Gasteiger charge is -2.43. The van der Waals surface area contributed by atoms with Crippen LogP contribution in [0.4, 0.5) is 14.4 Å². The van der Waals surface area contributed by atoms with Crippen molar-refractivity contribution in [1.82, 2.24) is 39.3 Å². The second kappa shape index (κ2) is 16.1. The first-order valence-corrected chi connectivity index (χ1v) is 19.8. The highest BCUT2D eigenvalue weighted by Crippen LogP contribution is 2.29. The molecule has 5 aliphatic rings. The summed E-state index contributed by atoms with van der Waals surface area (Å²) < 4.78 is 13.7. The third-order valence-electron chi connectivity index (χ3n) is 12.0. The fourth-order valence-corrected chi connectivity index (χ4v) is 8.84.